The Bertz CT molecular complexity index is 143. The molecule has 0 aromatic heterocycles. The van der Waals surface area contributed by atoms with E-state index in [1.165, 1.54) is 0 Å². The fraction of sp³-hybridized carbons (Fsp3) is 0. The minimum absolute atomic E-state index is 0. The maximum atomic E-state index is 8.88. The molecule has 8 nitrogen and oxygen atoms in total. The van der Waals surface area contributed by atoms with E-state index in [-0.39, 0.29) is 71.5 Å². The Morgan fingerprint density at radius 3 is 0.714 bits per heavy atom. The van der Waals surface area contributed by atoms with Crippen LogP contribution in [0, 0.1) is 0 Å². The third-order valence-electron chi connectivity index (χ3n) is 0. The van der Waals surface area contributed by atoms with Crippen LogP contribution >= 0.6 is 15.6 Å². The third-order valence-corrected chi connectivity index (χ3v) is 0. The summed E-state index contributed by atoms with van der Waals surface area (Å²) in [6.45, 7) is 0. The molecule has 0 aromatic carbocycles. The van der Waals surface area contributed by atoms with E-state index in [2.05, 4.69) is 0 Å². The summed E-state index contributed by atoms with van der Waals surface area (Å²) in [6, 6.07) is 0. The molecule has 0 saturated carbocycles. The molecule has 0 aliphatic heterocycles. The molecule has 0 amide bonds. The van der Waals surface area contributed by atoms with Gasteiger partial charge in [-0.05, 0) is 0 Å². The van der Waals surface area contributed by atoms with Gasteiger partial charge in [-0.2, -0.15) is 0 Å². The van der Waals surface area contributed by atoms with Crippen molar-refractivity contribution in [2.45, 2.75) is 0 Å². The Morgan fingerprint density at radius 1 is 0.714 bits per heavy atom. The zero-order chi connectivity index (χ0) is 9.00. The van der Waals surface area contributed by atoms with Crippen LogP contribution in [0.4, 0.5) is 0 Å². The molecule has 14 heavy (non-hydrogen) atoms. The van der Waals surface area contributed by atoms with Crippen molar-refractivity contribution in [1.29, 1.82) is 0 Å². The van der Waals surface area contributed by atoms with Crippen LogP contribution in [0.5, 0.6) is 0 Å². The van der Waals surface area contributed by atoms with Crippen LogP contribution in [-0.2, 0) is 60.3 Å². The molecule has 88 valence electrons. The Kier molecular flexibility index (Phi) is 39.5. The number of phosphoric acid groups is 2. The van der Waals surface area contributed by atoms with Crippen LogP contribution < -0.4 is 18.9 Å². The zero-order valence-electron chi connectivity index (χ0n) is 7.50. The molecule has 0 heterocycles. The summed E-state index contributed by atoms with van der Waals surface area (Å²) in [5.74, 6) is 0. The Balaban J connectivity index is -0.0000000128. The Morgan fingerprint density at radius 2 is 0.714 bits per heavy atom. The van der Waals surface area contributed by atoms with Gasteiger partial charge in [-0.25, -0.2) is 9.13 Å². The van der Waals surface area contributed by atoms with Crippen LogP contribution in [0.15, 0.2) is 0 Å². The van der Waals surface area contributed by atoms with Crippen molar-refractivity contribution in [2.75, 3.05) is 0 Å². The van der Waals surface area contributed by atoms with Crippen LogP contribution in [0.2, 0.25) is 0 Å². The van der Waals surface area contributed by atoms with Crippen molar-refractivity contribution in [3.8, 4) is 0 Å². The molecule has 2 radical (unpaired) electrons. The van der Waals surface area contributed by atoms with Crippen molar-refractivity contribution in [2.24, 2.45) is 0 Å². The van der Waals surface area contributed by atoms with E-state index in [4.69, 9.17) is 38.5 Å². The first-order valence-corrected chi connectivity index (χ1v) is 4.70. The van der Waals surface area contributed by atoms with Gasteiger partial charge in [0.25, 0.3) is 0 Å². The first-order valence-electron chi connectivity index (χ1n) is 1.57. The van der Waals surface area contributed by atoms with Crippen LogP contribution in [0.1, 0.15) is 1.43 Å². The van der Waals surface area contributed by atoms with Gasteiger partial charge in [-0.15, -0.1) is 0 Å². The second-order valence-corrected chi connectivity index (χ2v) is 3.08. The Labute approximate surface area is 125 Å². The van der Waals surface area contributed by atoms with Gasteiger partial charge in [0.15, 0.2) is 0 Å². The predicted octanol–water partition coefficient (Wildman–Crippen LogP) is -4.75. The second-order valence-electron chi connectivity index (χ2n) is 1.03. The molecular formula is H7FeLiMn2O8P2. The fourth-order valence-corrected chi connectivity index (χ4v) is 0. The second kappa shape index (κ2) is 15.4. The summed E-state index contributed by atoms with van der Waals surface area (Å²) in [4.78, 5) is 43.1. The van der Waals surface area contributed by atoms with Gasteiger partial charge in [0.2, 0.25) is 0 Å². The van der Waals surface area contributed by atoms with Gasteiger partial charge >= 0.3 is 34.5 Å². The van der Waals surface area contributed by atoms with Gasteiger partial charge in [-0.3, -0.25) is 0 Å². The van der Waals surface area contributed by atoms with Gasteiger partial charge in [0.1, 0.15) is 0 Å². The standard InChI is InChI=1S/Fe.Li.2Mn.2H3O4P.H/c;;;;2*1-5(2,3)4;/h;;;;2*(H3,1,2,3,4);/q;+1;;;;;-1. The molecule has 0 bridgehead atoms. The van der Waals surface area contributed by atoms with E-state index >= 15 is 0 Å². The molecule has 0 aliphatic rings. The normalized spacial score (nSPS) is 8.43. The van der Waals surface area contributed by atoms with E-state index in [9.17, 15) is 0 Å². The maximum Gasteiger partial charge on any atom is 1.00 e. The zero-order valence-corrected chi connectivity index (χ0v) is 11.8. The minimum Gasteiger partial charge on any atom is -1.00 e. The summed E-state index contributed by atoms with van der Waals surface area (Å²) in [7, 11) is -9.28. The van der Waals surface area contributed by atoms with Crippen LogP contribution in [-0.4, -0.2) is 29.4 Å². The molecule has 0 aliphatic carbocycles. The van der Waals surface area contributed by atoms with Gasteiger partial charge in [0, 0.05) is 51.2 Å². The van der Waals surface area contributed by atoms with Gasteiger partial charge in [-0.1, -0.05) is 0 Å². The molecule has 0 aromatic rings. The summed E-state index contributed by atoms with van der Waals surface area (Å²) in [5, 5.41) is 0. The van der Waals surface area contributed by atoms with Crippen molar-refractivity contribution in [3.05, 3.63) is 0 Å². The maximum absolute atomic E-state index is 8.88. The molecule has 0 spiro atoms. The number of rotatable bonds is 0. The molecule has 14 heteroatoms. The summed E-state index contributed by atoms with van der Waals surface area (Å²) in [6.07, 6.45) is 0. The van der Waals surface area contributed by atoms with Crippen molar-refractivity contribution < 1.29 is 110 Å². The summed E-state index contributed by atoms with van der Waals surface area (Å²) >= 11 is 0. The molecule has 0 atom stereocenters. The Hall–Kier alpha value is 2.38. The monoisotopic (exact) mass is 370 g/mol. The molecule has 6 N–H and O–H groups in total. The SMILES string of the molecule is O=P(O)(O)O.O=P(O)(O)O.[Fe].[H-].[Li+].[Mn].[Mn]. The van der Waals surface area contributed by atoms with Crippen molar-refractivity contribution in [1.82, 2.24) is 0 Å². The first kappa shape index (κ1) is 36.0. The molecule has 0 rings (SSSR count). The van der Waals surface area contributed by atoms with E-state index in [1.54, 1.807) is 0 Å². The van der Waals surface area contributed by atoms with Gasteiger partial charge in [0.05, 0.1) is 0 Å². The summed E-state index contributed by atoms with van der Waals surface area (Å²) in [5.41, 5.74) is 0. The fourth-order valence-electron chi connectivity index (χ4n) is 0. The summed E-state index contributed by atoms with van der Waals surface area (Å²) < 4.78 is 17.8. The van der Waals surface area contributed by atoms with E-state index in [1.807, 2.05) is 0 Å². The number of hydrogen-bond donors (Lipinski definition) is 6. The van der Waals surface area contributed by atoms with Crippen molar-refractivity contribution in [3.63, 3.8) is 0 Å². The average Bonchev–Trinajstić information content (AvgIpc) is 1.12. The smallest absolute Gasteiger partial charge is 1.00 e. The molecule has 0 unspecified atom stereocenters. The topological polar surface area (TPSA) is 156 Å². The predicted molar refractivity (Wildman–Crippen MR) is 29.6 cm³/mol. The number of hydrogen-bond acceptors (Lipinski definition) is 2. The largest absolute Gasteiger partial charge is 1.00 e. The van der Waals surface area contributed by atoms with E-state index < -0.39 is 15.6 Å². The van der Waals surface area contributed by atoms with Crippen molar-refractivity contribution >= 4 is 15.6 Å². The molecule has 0 saturated heterocycles. The van der Waals surface area contributed by atoms with Crippen LogP contribution in [0.3, 0.4) is 0 Å². The van der Waals surface area contributed by atoms with E-state index in [0.29, 0.717) is 0 Å². The minimum atomic E-state index is -4.64. The quantitative estimate of drug-likeness (QED) is 0.184. The molecule has 0 fully saturated rings. The average molecular weight is 370 g/mol. The van der Waals surface area contributed by atoms with Crippen LogP contribution in [0.25, 0.3) is 0 Å². The van der Waals surface area contributed by atoms with E-state index in [0.717, 1.165) is 0 Å². The first-order chi connectivity index (χ1) is 4.00. The molecular weight excluding hydrogens is 363 g/mol. The third kappa shape index (κ3) is 456. The van der Waals surface area contributed by atoms with Gasteiger partial charge < -0.3 is 30.8 Å².